The lowest BCUT2D eigenvalue weighted by Crippen LogP contribution is -2.16. The van der Waals surface area contributed by atoms with Crippen LogP contribution in [0.2, 0.25) is 0 Å². The van der Waals surface area contributed by atoms with Gasteiger partial charge in [0.1, 0.15) is 6.61 Å². The molecule has 0 aliphatic carbocycles. The molecule has 10 heavy (non-hydrogen) atoms. The summed E-state index contributed by atoms with van der Waals surface area (Å²) in [6.07, 6.45) is 4.48. The van der Waals surface area contributed by atoms with Crippen LogP contribution in [0.5, 0.6) is 0 Å². The molecule has 56 valence electrons. The average molecular weight is 142 g/mol. The van der Waals surface area contributed by atoms with Crippen LogP contribution in [0.3, 0.4) is 0 Å². The molecule has 0 amide bonds. The highest BCUT2D eigenvalue weighted by Gasteiger charge is 2.04. The highest BCUT2D eigenvalue weighted by Crippen LogP contribution is 1.88. The van der Waals surface area contributed by atoms with Crippen molar-refractivity contribution in [1.29, 1.82) is 0 Å². The number of hydrogen-bond donors (Lipinski definition) is 0. The van der Waals surface area contributed by atoms with Gasteiger partial charge in [-0.25, -0.2) is 4.79 Å². The number of esters is 1. The van der Waals surface area contributed by atoms with E-state index in [4.69, 9.17) is 6.42 Å². The first-order valence-corrected chi connectivity index (χ1v) is 2.85. The van der Waals surface area contributed by atoms with Gasteiger partial charge in [-0.15, -0.1) is 6.42 Å². The Morgan fingerprint density at radius 1 is 1.80 bits per heavy atom. The zero-order valence-corrected chi connectivity index (χ0v) is 6.09. The van der Waals surface area contributed by atoms with Gasteiger partial charge in [-0.1, -0.05) is 5.92 Å². The first-order valence-electron chi connectivity index (χ1n) is 2.85. The van der Waals surface area contributed by atoms with Crippen molar-refractivity contribution in [2.24, 2.45) is 0 Å². The number of terminal acetylenes is 1. The lowest BCUT2D eigenvalue weighted by Gasteiger charge is -2.04. The largest absolute Gasteiger partial charge is 0.448 e. The van der Waals surface area contributed by atoms with E-state index in [1.165, 1.54) is 7.11 Å². The third-order valence-electron chi connectivity index (χ3n) is 0.805. The highest BCUT2D eigenvalue weighted by atomic mass is 16.6. The van der Waals surface area contributed by atoms with Gasteiger partial charge in [0.25, 0.3) is 0 Å². The number of methoxy groups -OCH3 is 1. The van der Waals surface area contributed by atoms with Crippen molar-refractivity contribution in [2.75, 3.05) is 13.7 Å². The lowest BCUT2D eigenvalue weighted by atomic mass is 10.4. The van der Waals surface area contributed by atoms with Crippen molar-refractivity contribution in [3.05, 3.63) is 0 Å². The molecule has 1 unspecified atom stereocenters. The van der Waals surface area contributed by atoms with Gasteiger partial charge in [-0.3, -0.25) is 0 Å². The topological polar surface area (TPSA) is 35.5 Å². The number of rotatable bonds is 3. The summed E-state index contributed by atoms with van der Waals surface area (Å²) in [5, 5.41) is 0. The Labute approximate surface area is 60.3 Å². The lowest BCUT2D eigenvalue weighted by molar-refractivity contribution is -0.150. The Bertz CT molecular complexity index is 145. The Hall–Kier alpha value is -1.01. The zero-order valence-electron chi connectivity index (χ0n) is 6.09. The predicted octanol–water partition coefficient (Wildman–Crippen LogP) is 0.198. The van der Waals surface area contributed by atoms with E-state index >= 15 is 0 Å². The smallest absolute Gasteiger partial charge is 0.333 e. The van der Waals surface area contributed by atoms with Crippen LogP contribution in [0.1, 0.15) is 6.92 Å². The van der Waals surface area contributed by atoms with Crippen LogP contribution in [0.15, 0.2) is 0 Å². The number of ether oxygens (including phenoxy) is 2. The molecule has 0 saturated heterocycles. The quantitative estimate of drug-likeness (QED) is 0.417. The molecule has 3 heteroatoms. The van der Waals surface area contributed by atoms with E-state index in [9.17, 15) is 4.79 Å². The Balaban J connectivity index is 3.49. The molecule has 1 atom stereocenters. The van der Waals surface area contributed by atoms with Gasteiger partial charge in [0.15, 0.2) is 6.10 Å². The van der Waals surface area contributed by atoms with Crippen LogP contribution in [-0.2, 0) is 14.3 Å². The second-order valence-electron chi connectivity index (χ2n) is 1.73. The Morgan fingerprint density at radius 2 is 2.40 bits per heavy atom. The van der Waals surface area contributed by atoms with E-state index in [-0.39, 0.29) is 6.61 Å². The van der Waals surface area contributed by atoms with Crippen LogP contribution in [0, 0.1) is 12.3 Å². The summed E-state index contributed by atoms with van der Waals surface area (Å²) < 4.78 is 9.15. The molecule has 0 aromatic carbocycles. The molecule has 0 aromatic heterocycles. The summed E-state index contributed by atoms with van der Waals surface area (Å²) in [6, 6.07) is 0. The van der Waals surface area contributed by atoms with Gasteiger partial charge in [-0.2, -0.15) is 0 Å². The second-order valence-corrected chi connectivity index (χ2v) is 1.73. The molecule has 0 spiro atoms. The van der Waals surface area contributed by atoms with Gasteiger partial charge in [0.05, 0.1) is 0 Å². The molecule has 0 N–H and O–H groups in total. The normalized spacial score (nSPS) is 11.7. The zero-order chi connectivity index (χ0) is 7.98. The fourth-order valence-corrected chi connectivity index (χ4v) is 0.383. The predicted molar refractivity (Wildman–Crippen MR) is 36.3 cm³/mol. The summed E-state index contributed by atoms with van der Waals surface area (Å²) in [5.74, 6) is 1.82. The molecule has 0 saturated carbocycles. The summed E-state index contributed by atoms with van der Waals surface area (Å²) in [4.78, 5) is 10.6. The van der Waals surface area contributed by atoms with Crippen LogP contribution in [-0.4, -0.2) is 25.8 Å². The fourth-order valence-electron chi connectivity index (χ4n) is 0.383. The van der Waals surface area contributed by atoms with E-state index < -0.39 is 12.1 Å². The first kappa shape index (κ1) is 8.99. The van der Waals surface area contributed by atoms with Crippen LogP contribution in [0.4, 0.5) is 0 Å². The first-order chi connectivity index (χ1) is 4.70. The van der Waals surface area contributed by atoms with Crippen LogP contribution in [0.25, 0.3) is 0 Å². The summed E-state index contributed by atoms with van der Waals surface area (Å²) >= 11 is 0. The van der Waals surface area contributed by atoms with Crippen molar-refractivity contribution in [1.82, 2.24) is 0 Å². The molecule has 0 aromatic rings. The van der Waals surface area contributed by atoms with Crippen molar-refractivity contribution in [3.63, 3.8) is 0 Å². The monoisotopic (exact) mass is 142 g/mol. The average Bonchev–Trinajstić information content (AvgIpc) is 1.88. The number of hydrogen-bond acceptors (Lipinski definition) is 3. The maximum atomic E-state index is 10.6. The van der Waals surface area contributed by atoms with E-state index in [0.717, 1.165) is 0 Å². The third kappa shape index (κ3) is 3.93. The van der Waals surface area contributed by atoms with Crippen molar-refractivity contribution < 1.29 is 14.3 Å². The number of carbonyl (C=O) groups excluding carboxylic acids is 1. The van der Waals surface area contributed by atoms with Gasteiger partial charge in [0, 0.05) is 7.11 Å². The fraction of sp³-hybridized carbons (Fsp3) is 0.571. The summed E-state index contributed by atoms with van der Waals surface area (Å²) in [7, 11) is 1.42. The molecule has 0 aliphatic rings. The van der Waals surface area contributed by atoms with E-state index in [1.54, 1.807) is 6.92 Å². The molecule has 0 bridgehead atoms. The summed E-state index contributed by atoms with van der Waals surface area (Å²) in [5.41, 5.74) is 0. The third-order valence-corrected chi connectivity index (χ3v) is 0.805. The van der Waals surface area contributed by atoms with Crippen molar-refractivity contribution >= 4 is 5.97 Å². The summed E-state index contributed by atoms with van der Waals surface area (Å²) in [6.45, 7) is 1.57. The maximum Gasteiger partial charge on any atom is 0.333 e. The van der Waals surface area contributed by atoms with Gasteiger partial charge < -0.3 is 9.47 Å². The van der Waals surface area contributed by atoms with E-state index in [1.807, 2.05) is 0 Å². The number of carbonyl (C=O) groups is 1. The van der Waals surface area contributed by atoms with Crippen LogP contribution >= 0.6 is 0 Å². The molecule has 0 radical (unpaired) electrons. The minimum Gasteiger partial charge on any atom is -0.448 e. The van der Waals surface area contributed by atoms with Gasteiger partial charge >= 0.3 is 5.97 Å². The van der Waals surface area contributed by atoms with E-state index in [2.05, 4.69) is 15.4 Å². The molecule has 0 fully saturated rings. The maximum absolute atomic E-state index is 10.6. The molecular formula is C7H10O3. The SMILES string of the molecule is C#CC(C)OC(=O)COC. The molecule has 0 heterocycles. The van der Waals surface area contributed by atoms with Crippen molar-refractivity contribution in [3.8, 4) is 12.3 Å². The molecular weight excluding hydrogens is 132 g/mol. The standard InChI is InChI=1S/C7H10O3/c1-4-6(2)10-7(8)5-9-3/h1,6H,5H2,2-3H3. The minimum absolute atomic E-state index is 0.0496. The molecule has 3 nitrogen and oxygen atoms in total. The molecule has 0 rings (SSSR count). The minimum atomic E-state index is -0.470. The molecule has 0 aliphatic heterocycles. The highest BCUT2D eigenvalue weighted by molar-refractivity contribution is 5.71. The second kappa shape index (κ2) is 4.83. The van der Waals surface area contributed by atoms with Gasteiger partial charge in [0.2, 0.25) is 0 Å². The van der Waals surface area contributed by atoms with Crippen LogP contribution < -0.4 is 0 Å². The Morgan fingerprint density at radius 3 is 2.80 bits per heavy atom. The van der Waals surface area contributed by atoms with E-state index in [0.29, 0.717) is 0 Å². The van der Waals surface area contributed by atoms with Crippen molar-refractivity contribution in [2.45, 2.75) is 13.0 Å². The van der Waals surface area contributed by atoms with Gasteiger partial charge in [-0.05, 0) is 6.92 Å². The Kier molecular flexibility index (Phi) is 4.34.